The standard InChI is InChI=1S/C20H16Br2N2O5/c1-27-17-9-12(8-16(22)19(17)29-11-18(25)28-2)7-13(10-23)20(26)24-15-5-3-14(21)4-6-15/h3-9H,11H2,1-2H3,(H,24,26)/b13-7-. The molecule has 2 rings (SSSR count). The van der Waals surface area contributed by atoms with Crippen molar-refractivity contribution >= 4 is 55.5 Å². The number of ether oxygens (including phenoxy) is 3. The predicted octanol–water partition coefficient (Wildman–Crippen LogP) is 4.32. The van der Waals surface area contributed by atoms with Crippen LogP contribution in [0.15, 0.2) is 50.9 Å². The van der Waals surface area contributed by atoms with Crippen molar-refractivity contribution < 1.29 is 23.8 Å². The van der Waals surface area contributed by atoms with Crippen LogP contribution in [0.5, 0.6) is 11.5 Å². The molecule has 9 heteroatoms. The lowest BCUT2D eigenvalue weighted by atomic mass is 10.1. The Labute approximate surface area is 184 Å². The normalized spacial score (nSPS) is 10.7. The molecule has 1 N–H and O–H groups in total. The van der Waals surface area contributed by atoms with E-state index in [-0.39, 0.29) is 12.2 Å². The van der Waals surface area contributed by atoms with Crippen molar-refractivity contribution in [2.45, 2.75) is 0 Å². The molecule has 0 heterocycles. The van der Waals surface area contributed by atoms with Crippen molar-refractivity contribution in [1.29, 1.82) is 5.26 Å². The van der Waals surface area contributed by atoms with Gasteiger partial charge in [0.15, 0.2) is 18.1 Å². The quantitative estimate of drug-likeness (QED) is 0.330. The molecular weight excluding hydrogens is 508 g/mol. The SMILES string of the molecule is COC(=O)COc1c(Br)cc(/C=C(/C#N)C(=O)Nc2ccc(Br)cc2)cc1OC. The number of esters is 1. The third-order valence-corrected chi connectivity index (χ3v) is 4.71. The van der Waals surface area contributed by atoms with Gasteiger partial charge in [-0.2, -0.15) is 5.26 Å². The van der Waals surface area contributed by atoms with Gasteiger partial charge in [-0.1, -0.05) is 15.9 Å². The van der Waals surface area contributed by atoms with Gasteiger partial charge in [-0.3, -0.25) is 4.79 Å². The van der Waals surface area contributed by atoms with E-state index in [0.29, 0.717) is 27.2 Å². The zero-order valence-electron chi connectivity index (χ0n) is 15.5. The zero-order valence-corrected chi connectivity index (χ0v) is 18.7. The Kier molecular flexibility index (Phi) is 8.24. The van der Waals surface area contributed by atoms with Crippen LogP contribution in [-0.4, -0.2) is 32.7 Å². The number of halogens is 2. The highest BCUT2D eigenvalue weighted by Gasteiger charge is 2.15. The number of amides is 1. The van der Waals surface area contributed by atoms with Crippen LogP contribution in [0.4, 0.5) is 5.69 Å². The summed E-state index contributed by atoms with van der Waals surface area (Å²) in [5, 5.41) is 12.1. The van der Waals surface area contributed by atoms with Crippen LogP contribution in [0, 0.1) is 11.3 Å². The number of hydrogen-bond acceptors (Lipinski definition) is 6. The molecule has 2 aromatic carbocycles. The number of hydrogen-bond donors (Lipinski definition) is 1. The van der Waals surface area contributed by atoms with E-state index in [9.17, 15) is 14.9 Å². The molecule has 7 nitrogen and oxygen atoms in total. The summed E-state index contributed by atoms with van der Waals surface area (Å²) < 4.78 is 16.6. The average Bonchev–Trinajstić information content (AvgIpc) is 2.72. The van der Waals surface area contributed by atoms with Crippen LogP contribution in [0.3, 0.4) is 0 Å². The van der Waals surface area contributed by atoms with Crippen LogP contribution < -0.4 is 14.8 Å². The number of methoxy groups -OCH3 is 2. The van der Waals surface area contributed by atoms with E-state index in [1.807, 2.05) is 6.07 Å². The summed E-state index contributed by atoms with van der Waals surface area (Å²) in [5.41, 5.74) is 0.997. The molecule has 0 aliphatic carbocycles. The Morgan fingerprint density at radius 2 is 1.86 bits per heavy atom. The maximum absolute atomic E-state index is 12.4. The number of nitrogens with one attached hydrogen (secondary N) is 1. The van der Waals surface area contributed by atoms with Gasteiger partial charge in [-0.05, 0) is 64.0 Å². The summed E-state index contributed by atoms with van der Waals surface area (Å²) in [4.78, 5) is 23.7. The molecule has 0 spiro atoms. The maximum Gasteiger partial charge on any atom is 0.343 e. The molecule has 29 heavy (non-hydrogen) atoms. The predicted molar refractivity (Wildman–Crippen MR) is 115 cm³/mol. The lowest BCUT2D eigenvalue weighted by Gasteiger charge is -2.13. The summed E-state index contributed by atoms with van der Waals surface area (Å²) in [6.07, 6.45) is 1.42. The van der Waals surface area contributed by atoms with Gasteiger partial charge in [0.1, 0.15) is 11.6 Å². The second-order valence-electron chi connectivity index (χ2n) is 5.53. The van der Waals surface area contributed by atoms with Crippen LogP contribution in [-0.2, 0) is 14.3 Å². The Balaban J connectivity index is 2.26. The molecule has 2 aromatic rings. The first kappa shape index (κ1) is 22.5. The van der Waals surface area contributed by atoms with Gasteiger partial charge < -0.3 is 19.5 Å². The molecule has 0 saturated carbocycles. The van der Waals surface area contributed by atoms with Gasteiger partial charge in [0.2, 0.25) is 0 Å². The smallest absolute Gasteiger partial charge is 0.343 e. The molecule has 0 aromatic heterocycles. The summed E-state index contributed by atoms with van der Waals surface area (Å²) in [5.74, 6) is -0.469. The van der Waals surface area contributed by atoms with E-state index in [1.54, 1.807) is 36.4 Å². The molecule has 1 amide bonds. The second kappa shape index (κ2) is 10.6. The number of rotatable bonds is 7. The Hall–Kier alpha value is -2.83. The van der Waals surface area contributed by atoms with Crippen LogP contribution >= 0.6 is 31.9 Å². The first-order chi connectivity index (χ1) is 13.9. The van der Waals surface area contributed by atoms with Gasteiger partial charge in [-0.15, -0.1) is 0 Å². The zero-order chi connectivity index (χ0) is 21.4. The molecule has 0 atom stereocenters. The Morgan fingerprint density at radius 1 is 1.17 bits per heavy atom. The average molecular weight is 524 g/mol. The fourth-order valence-corrected chi connectivity index (χ4v) is 3.04. The Morgan fingerprint density at radius 3 is 2.45 bits per heavy atom. The molecule has 150 valence electrons. The highest BCUT2D eigenvalue weighted by atomic mass is 79.9. The summed E-state index contributed by atoms with van der Waals surface area (Å²) in [6.45, 7) is -0.292. The summed E-state index contributed by atoms with van der Waals surface area (Å²) in [6, 6.07) is 12.1. The van der Waals surface area contributed by atoms with Gasteiger partial charge in [0, 0.05) is 10.2 Å². The van der Waals surface area contributed by atoms with E-state index >= 15 is 0 Å². The third-order valence-electron chi connectivity index (χ3n) is 3.59. The third kappa shape index (κ3) is 6.34. The van der Waals surface area contributed by atoms with Crippen molar-refractivity contribution in [2.24, 2.45) is 0 Å². The Bertz CT molecular complexity index is 982. The van der Waals surface area contributed by atoms with Gasteiger partial charge in [-0.25, -0.2) is 4.79 Å². The fraction of sp³-hybridized carbons (Fsp3) is 0.150. The number of benzene rings is 2. The van der Waals surface area contributed by atoms with E-state index in [1.165, 1.54) is 20.3 Å². The van der Waals surface area contributed by atoms with E-state index < -0.39 is 11.9 Å². The highest BCUT2D eigenvalue weighted by Crippen LogP contribution is 2.37. The number of anilines is 1. The van der Waals surface area contributed by atoms with Crippen LogP contribution in [0.1, 0.15) is 5.56 Å². The summed E-state index contributed by atoms with van der Waals surface area (Å²) in [7, 11) is 2.69. The lowest BCUT2D eigenvalue weighted by Crippen LogP contribution is -2.14. The first-order valence-corrected chi connectivity index (χ1v) is 9.72. The number of carbonyl (C=O) groups is 2. The molecular formula is C20H16Br2N2O5. The van der Waals surface area contributed by atoms with Gasteiger partial charge in [0.05, 0.1) is 18.7 Å². The molecule has 0 radical (unpaired) electrons. The van der Waals surface area contributed by atoms with E-state index in [2.05, 4.69) is 41.9 Å². The van der Waals surface area contributed by atoms with Crippen molar-refractivity contribution in [3.05, 3.63) is 56.5 Å². The minimum atomic E-state index is -0.545. The van der Waals surface area contributed by atoms with Crippen molar-refractivity contribution in [3.8, 4) is 17.6 Å². The highest BCUT2D eigenvalue weighted by molar-refractivity contribution is 9.10. The van der Waals surface area contributed by atoms with Crippen LogP contribution in [0.25, 0.3) is 6.08 Å². The monoisotopic (exact) mass is 522 g/mol. The minimum absolute atomic E-state index is 0.0925. The molecule has 0 unspecified atom stereocenters. The van der Waals surface area contributed by atoms with Crippen molar-refractivity contribution in [3.63, 3.8) is 0 Å². The van der Waals surface area contributed by atoms with E-state index in [4.69, 9.17) is 9.47 Å². The number of nitriles is 1. The van der Waals surface area contributed by atoms with Gasteiger partial charge >= 0.3 is 5.97 Å². The maximum atomic E-state index is 12.4. The molecule has 0 aliphatic heterocycles. The number of carbonyl (C=O) groups excluding carboxylic acids is 2. The van der Waals surface area contributed by atoms with Gasteiger partial charge in [0.25, 0.3) is 5.91 Å². The van der Waals surface area contributed by atoms with Crippen LogP contribution in [0.2, 0.25) is 0 Å². The largest absolute Gasteiger partial charge is 0.493 e. The second-order valence-corrected chi connectivity index (χ2v) is 7.30. The van der Waals surface area contributed by atoms with Crippen molar-refractivity contribution in [1.82, 2.24) is 0 Å². The summed E-state index contributed by atoms with van der Waals surface area (Å²) >= 11 is 6.67. The lowest BCUT2D eigenvalue weighted by molar-refractivity contribution is -0.142. The number of nitrogens with zero attached hydrogens (tertiary/aromatic N) is 1. The first-order valence-electron chi connectivity index (χ1n) is 8.13. The van der Waals surface area contributed by atoms with E-state index in [0.717, 1.165) is 4.47 Å². The molecule has 0 aliphatic rings. The molecule has 0 fully saturated rings. The topological polar surface area (TPSA) is 97.7 Å². The van der Waals surface area contributed by atoms with Crippen molar-refractivity contribution in [2.75, 3.05) is 26.1 Å². The molecule has 0 saturated heterocycles. The molecule has 0 bridgehead atoms. The fourth-order valence-electron chi connectivity index (χ4n) is 2.20. The minimum Gasteiger partial charge on any atom is -0.493 e.